The van der Waals surface area contributed by atoms with Crippen LogP contribution in [0.25, 0.3) is 11.3 Å². The van der Waals surface area contributed by atoms with Crippen LogP contribution >= 0.6 is 11.3 Å². The molecule has 0 saturated carbocycles. The van der Waals surface area contributed by atoms with Gasteiger partial charge in [0.05, 0.1) is 34.9 Å². The highest BCUT2D eigenvalue weighted by atomic mass is 32.1. The first-order chi connectivity index (χ1) is 11.7. The fraction of sp³-hybridized carbons (Fsp3) is 0.444. The second-order valence-electron chi connectivity index (χ2n) is 5.68. The Bertz CT molecular complexity index is 707. The van der Waals surface area contributed by atoms with Crippen LogP contribution in [0, 0.1) is 6.92 Å². The van der Waals surface area contributed by atoms with Crippen molar-refractivity contribution in [3.8, 4) is 11.3 Å². The van der Waals surface area contributed by atoms with Crippen molar-refractivity contribution in [3.05, 3.63) is 39.7 Å². The normalized spacial score (nSPS) is 17.7. The largest absolute Gasteiger partial charge is 0.465 e. The second kappa shape index (κ2) is 7.88. The molecule has 0 bridgehead atoms. The van der Waals surface area contributed by atoms with Crippen molar-refractivity contribution in [2.24, 2.45) is 0 Å². The Labute approximate surface area is 145 Å². The van der Waals surface area contributed by atoms with Crippen molar-refractivity contribution in [3.63, 3.8) is 0 Å². The van der Waals surface area contributed by atoms with E-state index in [1.165, 1.54) is 7.11 Å². The first-order valence-electron chi connectivity index (χ1n) is 8.05. The number of aromatic nitrogens is 1. The molecule has 1 fully saturated rings. The van der Waals surface area contributed by atoms with E-state index in [1.807, 2.05) is 19.1 Å². The van der Waals surface area contributed by atoms with Crippen LogP contribution < -0.4 is 0 Å². The molecule has 6 heteroatoms. The summed E-state index contributed by atoms with van der Waals surface area (Å²) in [6.07, 6.45) is 3.05. The minimum Gasteiger partial charge on any atom is -0.465 e. The highest BCUT2D eigenvalue weighted by molar-refractivity contribution is 7.12. The van der Waals surface area contributed by atoms with Gasteiger partial charge in [-0.1, -0.05) is 12.1 Å². The molecule has 2 aromatic rings. The topological polar surface area (TPSA) is 57.7 Å². The summed E-state index contributed by atoms with van der Waals surface area (Å²) in [6, 6.07) is 7.33. The number of carbonyl (C=O) groups is 1. The van der Waals surface area contributed by atoms with E-state index in [-0.39, 0.29) is 12.3 Å². The zero-order valence-corrected chi connectivity index (χ0v) is 14.7. The number of aryl methyl sites for hydroxylation is 1. The SMILES string of the molecule is COC(=O)c1cccc(-c2nc(C)sc2COC2CCCCO2)c1. The number of benzene rings is 1. The van der Waals surface area contributed by atoms with Crippen LogP contribution in [0.5, 0.6) is 0 Å². The highest BCUT2D eigenvalue weighted by Crippen LogP contribution is 2.30. The van der Waals surface area contributed by atoms with Crippen LogP contribution in [0.1, 0.15) is 39.5 Å². The maximum absolute atomic E-state index is 11.7. The molecule has 1 aromatic heterocycles. The van der Waals surface area contributed by atoms with Crippen molar-refractivity contribution >= 4 is 17.3 Å². The summed E-state index contributed by atoms with van der Waals surface area (Å²) in [5.41, 5.74) is 2.27. The fourth-order valence-electron chi connectivity index (χ4n) is 2.72. The highest BCUT2D eigenvalue weighted by Gasteiger charge is 2.18. The maximum atomic E-state index is 11.7. The first kappa shape index (κ1) is 17.1. The number of nitrogens with zero attached hydrogens (tertiary/aromatic N) is 1. The zero-order chi connectivity index (χ0) is 16.9. The molecule has 24 heavy (non-hydrogen) atoms. The van der Waals surface area contributed by atoms with Gasteiger partial charge >= 0.3 is 5.97 Å². The predicted octanol–water partition coefficient (Wildman–Crippen LogP) is 3.95. The van der Waals surface area contributed by atoms with E-state index in [4.69, 9.17) is 14.2 Å². The molecular weight excluding hydrogens is 326 g/mol. The minimum atomic E-state index is -0.350. The van der Waals surface area contributed by atoms with E-state index < -0.39 is 0 Å². The molecule has 5 nitrogen and oxygen atoms in total. The van der Waals surface area contributed by atoms with E-state index in [1.54, 1.807) is 23.5 Å². The molecule has 0 aliphatic carbocycles. The molecular formula is C18H21NO4S. The number of carbonyl (C=O) groups excluding carboxylic acids is 1. The number of hydrogen-bond acceptors (Lipinski definition) is 6. The summed E-state index contributed by atoms with van der Waals surface area (Å²) in [6.45, 7) is 3.20. The Morgan fingerprint density at radius 2 is 2.29 bits per heavy atom. The number of esters is 1. The number of hydrogen-bond donors (Lipinski definition) is 0. The van der Waals surface area contributed by atoms with Crippen LogP contribution in [-0.2, 0) is 20.8 Å². The fourth-order valence-corrected chi connectivity index (χ4v) is 3.60. The molecule has 0 spiro atoms. The van der Waals surface area contributed by atoms with Crippen molar-refractivity contribution < 1.29 is 19.0 Å². The molecule has 1 aliphatic heterocycles. The number of ether oxygens (including phenoxy) is 3. The van der Waals surface area contributed by atoms with Gasteiger partial charge in [0.2, 0.25) is 0 Å². The third-order valence-corrected chi connectivity index (χ3v) is 4.84. The summed E-state index contributed by atoms with van der Waals surface area (Å²) >= 11 is 1.61. The summed E-state index contributed by atoms with van der Waals surface area (Å²) in [5, 5.41) is 0.969. The van der Waals surface area contributed by atoms with Crippen LogP contribution in [0.15, 0.2) is 24.3 Å². The Balaban J connectivity index is 1.79. The Morgan fingerprint density at radius 3 is 3.04 bits per heavy atom. The number of methoxy groups -OCH3 is 1. The van der Waals surface area contributed by atoms with Crippen LogP contribution in [0.4, 0.5) is 0 Å². The summed E-state index contributed by atoms with van der Waals surface area (Å²) in [5.74, 6) is -0.350. The average molecular weight is 347 g/mol. The van der Waals surface area contributed by atoms with Gasteiger partial charge in [0, 0.05) is 12.2 Å². The van der Waals surface area contributed by atoms with Gasteiger partial charge in [-0.2, -0.15) is 0 Å². The van der Waals surface area contributed by atoms with Gasteiger partial charge in [-0.05, 0) is 38.3 Å². The molecule has 1 saturated heterocycles. The lowest BCUT2D eigenvalue weighted by molar-refractivity contribution is -0.168. The van der Waals surface area contributed by atoms with Gasteiger partial charge in [-0.3, -0.25) is 0 Å². The molecule has 1 unspecified atom stereocenters. The van der Waals surface area contributed by atoms with E-state index in [2.05, 4.69) is 4.98 Å². The average Bonchev–Trinajstić information content (AvgIpc) is 3.01. The molecule has 1 aromatic carbocycles. The zero-order valence-electron chi connectivity index (χ0n) is 13.9. The Morgan fingerprint density at radius 1 is 1.42 bits per heavy atom. The monoisotopic (exact) mass is 347 g/mol. The summed E-state index contributed by atoms with van der Waals surface area (Å²) < 4.78 is 16.3. The molecule has 0 N–H and O–H groups in total. The molecule has 1 aliphatic rings. The molecule has 0 amide bonds. The van der Waals surface area contributed by atoms with Gasteiger partial charge in [-0.25, -0.2) is 9.78 Å². The summed E-state index contributed by atoms with van der Waals surface area (Å²) in [4.78, 5) is 17.4. The molecule has 0 radical (unpaired) electrons. The predicted molar refractivity (Wildman–Crippen MR) is 92.0 cm³/mol. The van der Waals surface area contributed by atoms with Crippen molar-refractivity contribution in [1.29, 1.82) is 0 Å². The third-order valence-electron chi connectivity index (χ3n) is 3.90. The second-order valence-corrected chi connectivity index (χ2v) is 6.97. The quantitative estimate of drug-likeness (QED) is 0.767. The standard InChI is InChI=1S/C18H21NO4S/c1-12-19-17(13-6-5-7-14(10-13)18(20)21-2)15(24-12)11-23-16-8-3-4-9-22-16/h5-7,10,16H,3-4,8-9,11H2,1-2H3. The summed E-state index contributed by atoms with van der Waals surface area (Å²) in [7, 11) is 1.38. The first-order valence-corrected chi connectivity index (χ1v) is 8.87. The van der Waals surface area contributed by atoms with E-state index in [0.29, 0.717) is 12.2 Å². The van der Waals surface area contributed by atoms with Crippen molar-refractivity contribution in [2.75, 3.05) is 13.7 Å². The van der Waals surface area contributed by atoms with E-state index in [9.17, 15) is 4.79 Å². The van der Waals surface area contributed by atoms with E-state index in [0.717, 1.165) is 47.0 Å². The van der Waals surface area contributed by atoms with Gasteiger partial charge in [-0.15, -0.1) is 11.3 Å². The third kappa shape index (κ3) is 4.01. The number of rotatable bonds is 5. The molecule has 128 valence electrons. The lowest BCUT2D eigenvalue weighted by Gasteiger charge is -2.22. The van der Waals surface area contributed by atoms with Crippen molar-refractivity contribution in [1.82, 2.24) is 4.98 Å². The Hall–Kier alpha value is -1.76. The lowest BCUT2D eigenvalue weighted by atomic mass is 10.1. The smallest absolute Gasteiger partial charge is 0.337 e. The molecule has 2 heterocycles. The van der Waals surface area contributed by atoms with Crippen molar-refractivity contribution in [2.45, 2.75) is 39.1 Å². The maximum Gasteiger partial charge on any atom is 0.337 e. The number of thiazole rings is 1. The van der Waals surface area contributed by atoms with Gasteiger partial charge in [0.15, 0.2) is 6.29 Å². The van der Waals surface area contributed by atoms with Crippen LogP contribution in [0.2, 0.25) is 0 Å². The van der Waals surface area contributed by atoms with Crippen LogP contribution in [0.3, 0.4) is 0 Å². The molecule has 1 atom stereocenters. The van der Waals surface area contributed by atoms with Crippen LogP contribution in [-0.4, -0.2) is 31.0 Å². The Kier molecular flexibility index (Phi) is 5.60. The molecule has 3 rings (SSSR count). The lowest BCUT2D eigenvalue weighted by Crippen LogP contribution is -2.21. The van der Waals surface area contributed by atoms with E-state index >= 15 is 0 Å². The minimum absolute atomic E-state index is 0.129. The van der Waals surface area contributed by atoms with Gasteiger partial charge in [0.1, 0.15) is 0 Å². The van der Waals surface area contributed by atoms with Gasteiger partial charge < -0.3 is 14.2 Å². The van der Waals surface area contributed by atoms with Gasteiger partial charge in [0.25, 0.3) is 0 Å².